The van der Waals surface area contributed by atoms with Crippen LogP contribution in [0.1, 0.15) is 0 Å². The average Bonchev–Trinajstić information content (AvgIpc) is 3.09. The van der Waals surface area contributed by atoms with Crippen molar-refractivity contribution in [1.82, 2.24) is 0 Å². The normalized spacial score (nSPS) is 11.8. The van der Waals surface area contributed by atoms with Gasteiger partial charge >= 0.3 is 118 Å². The molecule has 64 heavy (non-hydrogen) atoms. The molecule has 32 heteroatoms. The zero-order chi connectivity index (χ0) is 42.9. The number of hydrogen-bond acceptors (Lipinski definition) is 18. The number of nitrogens with zero attached hydrogens (tertiary/aromatic N) is 4. The smallest absolute Gasteiger partial charge is 0.871 e. The summed E-state index contributed by atoms with van der Waals surface area (Å²) < 4.78 is 133. The predicted molar refractivity (Wildman–Crippen MR) is 194 cm³/mol. The fraction of sp³-hybridized carbons (Fsp3) is 0. The van der Waals surface area contributed by atoms with Crippen molar-refractivity contribution in [3.63, 3.8) is 0 Å². The van der Waals surface area contributed by atoms with Crippen LogP contribution in [0.25, 0.3) is 32.7 Å². The van der Waals surface area contributed by atoms with E-state index in [9.17, 15) is 72.3 Å². The molecule has 8 N–H and O–H groups in total. The van der Waals surface area contributed by atoms with Crippen LogP contribution in [-0.4, -0.2) is 51.9 Å². The van der Waals surface area contributed by atoms with Crippen molar-refractivity contribution in [3.05, 3.63) is 72.8 Å². The maximum absolute atomic E-state index is 13.3. The standard InChI is InChI=1S/C32H24N6O16S4.2Cu.4Na/c33-19-11-17(55(43,44)45)5-15-9-25(57(49,50)51)29(31(41)27(15)19)37-35-21-3-1-13(7-23(21)39)14-2-4-22(24(40)8-14)36-38-30-26(58(52,53)54)10-16-6-18(56(46,47)48)12-20(34)28(16)32(30)42;;;;;;/h1-12,39-42H,33-34H2,(H,43,44,45)(H,46,47,48)(H,49,50,51)(H,52,53,54);;;;;;/q;;;4*+1/p-4. The maximum Gasteiger partial charge on any atom is 1.00 e. The Bertz CT molecular complexity index is 3120. The van der Waals surface area contributed by atoms with Crippen LogP contribution in [0.5, 0.6) is 23.0 Å². The number of nitrogen functional groups attached to an aromatic ring is 2. The number of fused-ring (bicyclic) bond motifs is 2. The second-order valence-electron chi connectivity index (χ2n) is 12.0. The van der Waals surface area contributed by atoms with Crippen molar-refractivity contribution in [2.45, 2.75) is 19.6 Å². The van der Waals surface area contributed by atoms with Crippen molar-refractivity contribution in [1.29, 1.82) is 0 Å². The summed E-state index contributed by atoms with van der Waals surface area (Å²) in [4.78, 5) is -3.84. The van der Waals surface area contributed by atoms with E-state index >= 15 is 0 Å². The summed E-state index contributed by atoms with van der Waals surface area (Å²) in [7, 11) is -20.2. The minimum absolute atomic E-state index is 0. The molecule has 0 atom stereocenters. The first-order valence-corrected chi connectivity index (χ1v) is 21.0. The second kappa shape index (κ2) is 23.2. The van der Waals surface area contributed by atoms with Crippen LogP contribution in [0.2, 0.25) is 0 Å². The van der Waals surface area contributed by atoms with Gasteiger partial charge in [0, 0.05) is 45.5 Å². The largest absolute Gasteiger partial charge is 1.00 e. The molecule has 6 aromatic rings. The summed E-state index contributed by atoms with van der Waals surface area (Å²) >= 11 is 0. The van der Waals surface area contributed by atoms with Crippen LogP contribution in [0.4, 0.5) is 34.1 Å². The Hall–Kier alpha value is -1.48. The van der Waals surface area contributed by atoms with Gasteiger partial charge in [-0.05, 0) is 81.2 Å². The molecular weight excluding hydrogens is 1070 g/mol. The summed E-state index contributed by atoms with van der Waals surface area (Å²) in [5, 5.41) is 65.2. The van der Waals surface area contributed by atoms with Crippen LogP contribution < -0.4 is 150 Å². The molecule has 0 saturated heterocycles. The molecule has 324 valence electrons. The molecule has 0 aliphatic rings. The Morgan fingerprint density at radius 2 is 0.750 bits per heavy atom. The third-order valence-corrected chi connectivity index (χ3v) is 11.6. The molecule has 0 heterocycles. The summed E-state index contributed by atoms with van der Waals surface area (Å²) in [6, 6.07) is 10.8. The van der Waals surface area contributed by atoms with Crippen LogP contribution in [-0.2, 0) is 74.6 Å². The van der Waals surface area contributed by atoms with Gasteiger partial charge in [0.05, 0.1) is 32.5 Å². The van der Waals surface area contributed by atoms with E-state index in [1.165, 1.54) is 12.1 Å². The minimum atomic E-state index is -5.23. The van der Waals surface area contributed by atoms with E-state index in [4.69, 9.17) is 11.5 Å². The van der Waals surface area contributed by atoms with Crippen molar-refractivity contribution in [2.24, 2.45) is 20.5 Å². The van der Waals surface area contributed by atoms with Gasteiger partial charge in [0.25, 0.3) is 40.5 Å². The molecule has 0 bridgehead atoms. The first kappa shape index (κ1) is 62.5. The number of benzene rings is 6. The Balaban J connectivity index is 0.00000661. The summed E-state index contributed by atoms with van der Waals surface area (Å²) in [6.07, 6.45) is 0. The predicted octanol–water partition coefficient (Wildman–Crippen LogP) is -9.05. The van der Waals surface area contributed by atoms with Crippen LogP contribution in [0.3, 0.4) is 0 Å². The Labute approximate surface area is 472 Å². The number of nitrogens with two attached hydrogens (primary N) is 2. The summed E-state index contributed by atoms with van der Waals surface area (Å²) in [6.45, 7) is 0. The maximum atomic E-state index is 13.3. The molecule has 0 aromatic heterocycles. The zero-order valence-electron chi connectivity index (χ0n) is 32.8. The van der Waals surface area contributed by atoms with Gasteiger partial charge in [0.2, 0.25) is 0 Å². The van der Waals surface area contributed by atoms with E-state index in [1.54, 1.807) is 0 Å². The fourth-order valence-electron chi connectivity index (χ4n) is 5.59. The molecule has 0 aliphatic carbocycles. The van der Waals surface area contributed by atoms with Gasteiger partial charge in [0.1, 0.15) is 9.79 Å². The number of azo groups is 2. The molecular formula is C32H20Cu2N6Na4O16S4. The van der Waals surface area contributed by atoms with Gasteiger partial charge in [0.15, 0.2) is 0 Å². The van der Waals surface area contributed by atoms with E-state index in [2.05, 4.69) is 20.5 Å². The second-order valence-corrected chi connectivity index (χ2v) is 17.6. The van der Waals surface area contributed by atoms with Crippen LogP contribution in [0, 0.1) is 0 Å². The van der Waals surface area contributed by atoms with E-state index in [0.717, 1.165) is 48.5 Å². The zero-order valence-corrected chi connectivity index (χ0v) is 45.9. The fourth-order valence-corrected chi connectivity index (χ4v) is 8.00. The number of hydrogen-bond donors (Lipinski definition) is 6. The van der Waals surface area contributed by atoms with Crippen molar-refractivity contribution >= 4 is 96.1 Å². The van der Waals surface area contributed by atoms with Crippen LogP contribution in [0.15, 0.2) is 113 Å². The average molecular weight is 1090 g/mol. The third kappa shape index (κ3) is 13.4. The minimum Gasteiger partial charge on any atom is -0.871 e. The van der Waals surface area contributed by atoms with Crippen LogP contribution >= 0.6 is 0 Å². The summed E-state index contributed by atoms with van der Waals surface area (Å²) in [5.41, 5.74) is 7.84. The molecule has 2 radical (unpaired) electrons. The molecule has 0 amide bonds. The van der Waals surface area contributed by atoms with Gasteiger partial charge in [-0.3, -0.25) is 18.2 Å². The van der Waals surface area contributed by atoms with Gasteiger partial charge in [-0.2, -0.15) is 43.9 Å². The molecule has 0 fully saturated rings. The Kier molecular flexibility index (Phi) is 22.7. The van der Waals surface area contributed by atoms with E-state index < -0.39 is 139 Å². The van der Waals surface area contributed by atoms with E-state index in [1.807, 2.05) is 0 Å². The van der Waals surface area contributed by atoms with Gasteiger partial charge in [-0.1, -0.05) is 47.3 Å². The van der Waals surface area contributed by atoms with Gasteiger partial charge < -0.3 is 31.9 Å². The molecule has 6 rings (SSSR count). The molecule has 0 aliphatic heterocycles. The van der Waals surface area contributed by atoms with E-state index in [-0.39, 0.29) is 163 Å². The monoisotopic (exact) mass is 1090 g/mol. The van der Waals surface area contributed by atoms with Crippen molar-refractivity contribution < 1.29 is 225 Å². The van der Waals surface area contributed by atoms with E-state index in [0.29, 0.717) is 12.1 Å². The number of anilines is 2. The topological polar surface area (TPSA) is 411 Å². The first-order valence-electron chi connectivity index (χ1n) is 15.3. The van der Waals surface area contributed by atoms with Gasteiger partial charge in [-0.25, -0.2) is 0 Å². The molecule has 0 spiro atoms. The molecule has 0 unspecified atom stereocenters. The van der Waals surface area contributed by atoms with Crippen molar-refractivity contribution in [2.75, 3.05) is 11.5 Å². The Morgan fingerprint density at radius 3 is 1.02 bits per heavy atom. The third-order valence-electron chi connectivity index (χ3n) is 8.19. The SMILES string of the molecule is Nc1cc(S(=O)(=O)O)cc2cc(S(=O)(=O)O)c(N=Nc3ccc(-c4ccc(N=Nc5c(S(=O)(=O)O)cc6cc(S(=O)(=O)O)cc(N)c6c5[O-])c([O-])c4)cc3[O-])c([O-])c12.[Cu].[Cu].[Na+].[Na+].[Na+].[Na+]. The molecule has 6 aromatic carbocycles. The quantitative estimate of drug-likeness (QED) is 0.0339. The molecule has 22 nitrogen and oxygen atoms in total. The first-order chi connectivity index (χ1) is 26.8. The number of rotatable bonds is 9. The molecule has 0 saturated carbocycles. The Morgan fingerprint density at radius 1 is 0.438 bits per heavy atom. The van der Waals surface area contributed by atoms with Gasteiger partial charge in [-0.15, -0.1) is 10.2 Å². The van der Waals surface area contributed by atoms with Crippen molar-refractivity contribution in [3.8, 4) is 34.1 Å². The summed E-state index contributed by atoms with van der Waals surface area (Å²) in [5.74, 6) is -4.23.